The molecule has 33 heavy (non-hydrogen) atoms. The number of anilines is 3. The summed E-state index contributed by atoms with van der Waals surface area (Å²) in [6, 6.07) is 20.8. The van der Waals surface area contributed by atoms with Crippen molar-refractivity contribution < 1.29 is 9.13 Å². The monoisotopic (exact) mass is 464 g/mol. The molecule has 0 bridgehead atoms. The van der Waals surface area contributed by atoms with Crippen LogP contribution in [-0.4, -0.2) is 23.6 Å². The van der Waals surface area contributed by atoms with Crippen molar-refractivity contribution in [1.82, 2.24) is 9.97 Å². The van der Waals surface area contributed by atoms with Crippen molar-refractivity contribution in [1.29, 1.82) is 0 Å². The molecule has 1 aromatic heterocycles. The fraction of sp³-hybridized carbons (Fsp3) is 0.231. The third kappa shape index (κ3) is 4.18. The third-order valence-corrected chi connectivity index (χ3v) is 6.18. The first-order chi connectivity index (χ1) is 15.5. The average Bonchev–Trinajstić information content (AvgIpc) is 2.82. The average molecular weight is 465 g/mol. The first-order valence-electron chi connectivity index (χ1n) is 10.8. The van der Waals surface area contributed by atoms with Gasteiger partial charge in [0.15, 0.2) is 0 Å². The van der Waals surface area contributed by atoms with Crippen molar-refractivity contribution in [3.63, 3.8) is 0 Å². The van der Waals surface area contributed by atoms with E-state index in [0.29, 0.717) is 17.6 Å². The van der Waals surface area contributed by atoms with E-state index in [1.54, 1.807) is 19.2 Å². The zero-order valence-corrected chi connectivity index (χ0v) is 19.6. The van der Waals surface area contributed by atoms with Crippen molar-refractivity contribution in [3.8, 4) is 5.75 Å². The van der Waals surface area contributed by atoms with Crippen LogP contribution in [0.1, 0.15) is 36.9 Å². The van der Waals surface area contributed by atoms with Crippen LogP contribution in [0.2, 0.25) is 0 Å². The minimum atomic E-state index is -0.285. The lowest BCUT2D eigenvalue weighted by Gasteiger charge is -2.40. The normalized spacial score (nSPS) is 17.3. The molecule has 1 aliphatic heterocycles. The summed E-state index contributed by atoms with van der Waals surface area (Å²) in [6.07, 6.45) is 0. The maximum atomic E-state index is 13.4. The van der Waals surface area contributed by atoms with Gasteiger partial charge in [-0.3, -0.25) is 0 Å². The lowest BCUT2D eigenvalue weighted by atomic mass is 9.86. The van der Waals surface area contributed by atoms with Gasteiger partial charge >= 0.3 is 0 Å². The number of nitrogens with zero attached hydrogens (tertiary/aromatic N) is 3. The molecule has 2 unspecified atom stereocenters. The van der Waals surface area contributed by atoms with Crippen molar-refractivity contribution in [2.75, 3.05) is 23.9 Å². The number of hydrogen-bond donors (Lipinski definition) is 1. The molecule has 1 aliphatic rings. The number of hydrogen-bond acceptors (Lipinski definition) is 5. The topological polar surface area (TPSA) is 50.3 Å². The smallest absolute Gasteiger partial charge is 0.229 e. The summed E-state index contributed by atoms with van der Waals surface area (Å²) < 4.78 is 19.0. The largest absolute Gasteiger partial charge is 0.494 e. The molecule has 0 aliphatic carbocycles. The second-order valence-corrected chi connectivity index (χ2v) is 8.22. The van der Waals surface area contributed by atoms with Crippen molar-refractivity contribution in [2.24, 2.45) is 0 Å². The Morgan fingerprint density at radius 2 is 1.67 bits per heavy atom. The Morgan fingerprint density at radius 1 is 0.939 bits per heavy atom. The van der Waals surface area contributed by atoms with E-state index in [9.17, 15) is 4.39 Å². The Kier molecular flexibility index (Phi) is 6.38. The first-order valence-corrected chi connectivity index (χ1v) is 10.8. The second-order valence-electron chi connectivity index (χ2n) is 8.22. The molecule has 0 amide bonds. The summed E-state index contributed by atoms with van der Waals surface area (Å²) in [5, 5.41) is 4.17. The van der Waals surface area contributed by atoms with Crippen molar-refractivity contribution >= 4 is 40.8 Å². The number of aromatic nitrogens is 2. The maximum Gasteiger partial charge on any atom is 0.229 e. The molecule has 0 spiro atoms. The highest BCUT2D eigenvalue weighted by Crippen LogP contribution is 2.41. The molecule has 5 rings (SSSR count). The zero-order chi connectivity index (χ0) is 22.2. The SMILES string of the molecule is COc1cccc2c(N3CC(C)c4ccccc4C3C)nc(Nc3ccc(F)cc3)nc12.Cl. The van der Waals surface area contributed by atoms with Gasteiger partial charge in [-0.1, -0.05) is 37.3 Å². The summed E-state index contributed by atoms with van der Waals surface area (Å²) in [5.74, 6) is 2.07. The van der Waals surface area contributed by atoms with Crippen molar-refractivity contribution in [3.05, 3.63) is 83.7 Å². The number of fused-ring (bicyclic) bond motifs is 2. The van der Waals surface area contributed by atoms with Crippen LogP contribution in [0.3, 0.4) is 0 Å². The van der Waals surface area contributed by atoms with Crippen molar-refractivity contribution in [2.45, 2.75) is 25.8 Å². The highest BCUT2D eigenvalue weighted by atomic mass is 35.5. The molecule has 1 N–H and O–H groups in total. The van der Waals surface area contributed by atoms with Crippen LogP contribution in [0, 0.1) is 5.82 Å². The predicted octanol–water partition coefficient (Wildman–Crippen LogP) is 6.63. The standard InChI is InChI=1S/C26H25FN4O.ClH/c1-16-15-31(17(2)21-8-5-4-7-20(16)21)25-22-9-6-10-23(32-3)24(22)29-26(30-25)28-19-13-11-18(27)12-14-19;/h4-14,16-17H,15H2,1-3H3,(H,28,29,30);1H. The fourth-order valence-electron chi connectivity index (χ4n) is 4.54. The van der Waals surface area contributed by atoms with Gasteiger partial charge in [0.2, 0.25) is 5.95 Å². The first kappa shape index (κ1) is 22.8. The van der Waals surface area contributed by atoms with Gasteiger partial charge in [-0.15, -0.1) is 12.4 Å². The van der Waals surface area contributed by atoms with E-state index in [0.717, 1.165) is 29.0 Å². The van der Waals surface area contributed by atoms with Gasteiger partial charge in [0.1, 0.15) is 22.9 Å². The summed E-state index contributed by atoms with van der Waals surface area (Å²) in [6.45, 7) is 5.31. The van der Waals surface area contributed by atoms with Crippen LogP contribution in [0.5, 0.6) is 5.75 Å². The van der Waals surface area contributed by atoms with Gasteiger partial charge in [0.05, 0.1) is 13.2 Å². The minimum absolute atomic E-state index is 0. The molecule has 0 radical (unpaired) electrons. The second kappa shape index (κ2) is 9.24. The van der Waals surface area contributed by atoms with E-state index < -0.39 is 0 Å². The van der Waals surface area contributed by atoms with Gasteiger partial charge in [-0.25, -0.2) is 9.37 Å². The van der Waals surface area contributed by atoms with Gasteiger partial charge in [0, 0.05) is 17.6 Å². The van der Waals surface area contributed by atoms with Crippen LogP contribution in [-0.2, 0) is 0 Å². The molecular formula is C26H26ClFN4O. The van der Waals surface area contributed by atoms with E-state index in [4.69, 9.17) is 14.7 Å². The van der Waals surface area contributed by atoms with Crippen LogP contribution in [0.25, 0.3) is 10.9 Å². The third-order valence-electron chi connectivity index (χ3n) is 6.18. The molecule has 4 aromatic rings. The molecule has 0 fully saturated rings. The van der Waals surface area contributed by atoms with E-state index in [2.05, 4.69) is 48.3 Å². The van der Waals surface area contributed by atoms with Crippen LogP contribution < -0.4 is 15.0 Å². The summed E-state index contributed by atoms with van der Waals surface area (Å²) in [5.41, 5.74) is 4.16. The Hall–Kier alpha value is -3.38. The molecule has 3 aromatic carbocycles. The molecule has 0 saturated carbocycles. The van der Waals surface area contributed by atoms with Gasteiger partial charge < -0.3 is 15.0 Å². The molecular weight excluding hydrogens is 439 g/mol. The molecule has 2 atom stereocenters. The van der Waals surface area contributed by atoms with Crippen LogP contribution >= 0.6 is 12.4 Å². The molecule has 7 heteroatoms. The molecule has 2 heterocycles. The van der Waals surface area contributed by atoms with Gasteiger partial charge in [0.25, 0.3) is 0 Å². The lowest BCUT2D eigenvalue weighted by Crippen LogP contribution is -2.36. The van der Waals surface area contributed by atoms with Gasteiger partial charge in [-0.05, 0) is 60.4 Å². The number of rotatable bonds is 4. The van der Waals surface area contributed by atoms with E-state index >= 15 is 0 Å². The summed E-state index contributed by atoms with van der Waals surface area (Å²) in [4.78, 5) is 12.0. The number of para-hydroxylation sites is 1. The molecule has 170 valence electrons. The van der Waals surface area contributed by atoms with E-state index in [1.165, 1.54) is 23.3 Å². The lowest BCUT2D eigenvalue weighted by molar-refractivity contribution is 0.419. The van der Waals surface area contributed by atoms with E-state index in [1.807, 2.05) is 18.2 Å². The predicted molar refractivity (Wildman–Crippen MR) is 134 cm³/mol. The Labute approximate surface area is 199 Å². The minimum Gasteiger partial charge on any atom is -0.494 e. The maximum absolute atomic E-state index is 13.4. The number of benzene rings is 3. The highest BCUT2D eigenvalue weighted by Gasteiger charge is 2.30. The quantitative estimate of drug-likeness (QED) is 0.367. The van der Waals surface area contributed by atoms with E-state index in [-0.39, 0.29) is 24.3 Å². The van der Waals surface area contributed by atoms with Crippen LogP contribution in [0.4, 0.5) is 21.8 Å². The highest BCUT2D eigenvalue weighted by molar-refractivity contribution is 5.95. The number of ether oxygens (including phenoxy) is 1. The summed E-state index contributed by atoms with van der Waals surface area (Å²) >= 11 is 0. The van der Waals surface area contributed by atoms with Crippen LogP contribution in [0.15, 0.2) is 66.7 Å². The Bertz CT molecular complexity index is 1280. The number of methoxy groups -OCH3 is 1. The molecule has 0 saturated heterocycles. The summed E-state index contributed by atoms with van der Waals surface area (Å²) in [7, 11) is 1.64. The Balaban J connectivity index is 0.00000259. The molecule has 5 nitrogen and oxygen atoms in total. The number of nitrogens with one attached hydrogen (secondary N) is 1. The number of halogens is 2. The Morgan fingerprint density at radius 3 is 2.39 bits per heavy atom. The fourth-order valence-corrected chi connectivity index (χ4v) is 4.54. The zero-order valence-electron chi connectivity index (χ0n) is 18.7. The van der Waals surface area contributed by atoms with Gasteiger partial charge in [-0.2, -0.15) is 4.98 Å².